The van der Waals surface area contributed by atoms with Crippen LogP contribution in [0.5, 0.6) is 0 Å². The second-order valence-electron chi connectivity index (χ2n) is 15.9. The van der Waals surface area contributed by atoms with Crippen LogP contribution in [0.1, 0.15) is 25.0 Å². The van der Waals surface area contributed by atoms with Crippen LogP contribution < -0.4 is 0 Å². The first-order valence-electron chi connectivity index (χ1n) is 20.0. The highest BCUT2D eigenvalue weighted by Gasteiger charge is 2.36. The molecule has 0 N–H and O–H groups in total. The third-order valence-electron chi connectivity index (χ3n) is 12.2. The van der Waals surface area contributed by atoms with Crippen LogP contribution in [-0.4, -0.2) is 15.0 Å². The molecule has 0 fully saturated rings. The van der Waals surface area contributed by atoms with Crippen molar-refractivity contribution < 1.29 is 8.83 Å². The zero-order valence-electron chi connectivity index (χ0n) is 32.4. The average Bonchev–Trinajstić information content (AvgIpc) is 3.94. The molecule has 1 aliphatic rings. The topological polar surface area (TPSA) is 65.0 Å². The van der Waals surface area contributed by atoms with Crippen LogP contribution in [0, 0.1) is 0 Å². The quantitative estimate of drug-likeness (QED) is 0.175. The summed E-state index contributed by atoms with van der Waals surface area (Å²) in [5.74, 6) is 1.69. The maximum atomic E-state index is 6.51. The Morgan fingerprint density at radius 3 is 1.85 bits per heavy atom. The molecule has 0 unspecified atom stereocenters. The first-order valence-corrected chi connectivity index (χ1v) is 20.0. The predicted octanol–water partition coefficient (Wildman–Crippen LogP) is 14.3. The van der Waals surface area contributed by atoms with E-state index in [-0.39, 0.29) is 5.41 Å². The van der Waals surface area contributed by atoms with E-state index in [4.69, 9.17) is 23.8 Å². The summed E-state index contributed by atoms with van der Waals surface area (Å²) in [7, 11) is 0. The fraction of sp³-hybridized carbons (Fsp3) is 0.0556. The molecule has 0 bridgehead atoms. The van der Waals surface area contributed by atoms with Crippen LogP contribution in [0.2, 0.25) is 0 Å². The molecule has 5 nitrogen and oxygen atoms in total. The number of nitrogens with zero attached hydrogens (tertiary/aromatic N) is 3. The molecule has 3 aromatic heterocycles. The van der Waals surface area contributed by atoms with Gasteiger partial charge < -0.3 is 8.83 Å². The van der Waals surface area contributed by atoms with Gasteiger partial charge in [0.1, 0.15) is 22.3 Å². The Labute approximate surface area is 340 Å². The maximum Gasteiger partial charge on any atom is 0.167 e. The minimum Gasteiger partial charge on any atom is -0.456 e. The Kier molecular flexibility index (Phi) is 7.20. The van der Waals surface area contributed by atoms with Crippen LogP contribution in [0.15, 0.2) is 185 Å². The minimum absolute atomic E-state index is 0.0436. The molecule has 8 aromatic carbocycles. The van der Waals surface area contributed by atoms with Crippen molar-refractivity contribution in [2.75, 3.05) is 0 Å². The molecule has 0 saturated carbocycles. The van der Waals surface area contributed by atoms with Gasteiger partial charge in [0.25, 0.3) is 0 Å². The number of fused-ring (bicyclic) bond motifs is 9. The van der Waals surface area contributed by atoms with Crippen LogP contribution >= 0.6 is 0 Å². The fourth-order valence-electron chi connectivity index (χ4n) is 9.29. The lowest BCUT2D eigenvalue weighted by atomic mass is 9.82. The summed E-state index contributed by atoms with van der Waals surface area (Å²) in [5.41, 5.74) is 15.8. The Balaban J connectivity index is 0.991. The van der Waals surface area contributed by atoms with E-state index in [9.17, 15) is 0 Å². The molecule has 0 spiro atoms. The van der Waals surface area contributed by atoms with Crippen molar-refractivity contribution in [2.24, 2.45) is 0 Å². The summed E-state index contributed by atoms with van der Waals surface area (Å²) in [4.78, 5) is 15.4. The normalized spacial score (nSPS) is 13.1. The number of aromatic nitrogens is 3. The molecule has 0 radical (unpaired) electrons. The van der Waals surface area contributed by atoms with E-state index >= 15 is 0 Å². The molecular weight excluding hydrogens is 723 g/mol. The molecule has 11 aromatic rings. The van der Waals surface area contributed by atoms with E-state index in [0.717, 1.165) is 71.7 Å². The molecule has 3 heterocycles. The molecule has 278 valence electrons. The summed E-state index contributed by atoms with van der Waals surface area (Å²) < 4.78 is 13.0. The number of hydrogen-bond acceptors (Lipinski definition) is 5. The van der Waals surface area contributed by atoms with Crippen molar-refractivity contribution in [1.29, 1.82) is 0 Å². The molecule has 12 rings (SSSR count). The molecule has 0 saturated heterocycles. The lowest BCUT2D eigenvalue weighted by Crippen LogP contribution is -2.14. The van der Waals surface area contributed by atoms with Gasteiger partial charge >= 0.3 is 0 Å². The average molecular weight is 758 g/mol. The summed E-state index contributed by atoms with van der Waals surface area (Å²) in [6, 6.07) is 61.4. The SMILES string of the molecule is CC1(C)c2ccccc2-c2c(-c3ccc(-c4ccc5oc6cccc(-c7nc(-c8ccccc8)nc(-c8cccc9c8oc8ccccc89)n7)c6c5c4)cc3)cccc21. The van der Waals surface area contributed by atoms with Crippen molar-refractivity contribution in [3.8, 4) is 67.5 Å². The molecule has 1 aliphatic carbocycles. The van der Waals surface area contributed by atoms with E-state index < -0.39 is 0 Å². The first-order chi connectivity index (χ1) is 29.0. The molecular formula is C54H35N3O2. The van der Waals surface area contributed by atoms with Crippen molar-refractivity contribution in [3.63, 3.8) is 0 Å². The lowest BCUT2D eigenvalue weighted by molar-refractivity contribution is 0.660. The minimum atomic E-state index is -0.0436. The molecule has 0 aliphatic heterocycles. The number of rotatable bonds is 5. The third kappa shape index (κ3) is 5.14. The number of para-hydroxylation sites is 2. The van der Waals surface area contributed by atoms with Gasteiger partial charge in [0, 0.05) is 38.1 Å². The Hall–Kier alpha value is -7.63. The fourth-order valence-corrected chi connectivity index (χ4v) is 9.29. The highest BCUT2D eigenvalue weighted by atomic mass is 16.3. The zero-order valence-corrected chi connectivity index (χ0v) is 32.4. The van der Waals surface area contributed by atoms with E-state index in [1.165, 1.54) is 33.4 Å². The van der Waals surface area contributed by atoms with Gasteiger partial charge in [0.05, 0.1) is 5.56 Å². The van der Waals surface area contributed by atoms with Gasteiger partial charge in [-0.1, -0.05) is 159 Å². The van der Waals surface area contributed by atoms with E-state index in [1.54, 1.807) is 0 Å². The van der Waals surface area contributed by atoms with Crippen molar-refractivity contribution in [1.82, 2.24) is 15.0 Å². The number of furan rings is 2. The van der Waals surface area contributed by atoms with Gasteiger partial charge in [-0.05, 0) is 74.8 Å². The monoisotopic (exact) mass is 757 g/mol. The zero-order chi connectivity index (χ0) is 39.2. The summed E-state index contributed by atoms with van der Waals surface area (Å²) in [5, 5.41) is 4.03. The summed E-state index contributed by atoms with van der Waals surface area (Å²) in [6.45, 7) is 4.66. The van der Waals surface area contributed by atoms with Gasteiger partial charge in [-0.15, -0.1) is 0 Å². The second-order valence-corrected chi connectivity index (χ2v) is 15.9. The van der Waals surface area contributed by atoms with Gasteiger partial charge in [0.15, 0.2) is 17.5 Å². The molecule has 5 heteroatoms. The Morgan fingerprint density at radius 1 is 0.373 bits per heavy atom. The van der Waals surface area contributed by atoms with Crippen molar-refractivity contribution >= 4 is 43.9 Å². The van der Waals surface area contributed by atoms with Crippen LogP contribution in [0.4, 0.5) is 0 Å². The van der Waals surface area contributed by atoms with E-state index in [2.05, 4.69) is 117 Å². The van der Waals surface area contributed by atoms with Crippen molar-refractivity contribution in [3.05, 3.63) is 187 Å². The third-order valence-corrected chi connectivity index (χ3v) is 12.2. The molecule has 59 heavy (non-hydrogen) atoms. The lowest BCUT2D eigenvalue weighted by Gasteiger charge is -2.21. The molecule has 0 atom stereocenters. The Bertz CT molecular complexity index is 3470. The van der Waals surface area contributed by atoms with Crippen LogP contribution in [0.3, 0.4) is 0 Å². The highest BCUT2D eigenvalue weighted by molar-refractivity contribution is 6.13. The van der Waals surface area contributed by atoms with E-state index in [0.29, 0.717) is 17.5 Å². The van der Waals surface area contributed by atoms with E-state index in [1.807, 2.05) is 72.8 Å². The standard InChI is InChI=1S/C54H35N3O2/c1-54(2)43-21-8-6-16-39(43)48-36(17-11-22-44(48)54)33-27-25-32(26-28-33)35-29-30-46-42(31-35)49-40(19-12-24-47(49)58-46)52-55-51(34-13-4-3-5-14-34)56-53(57-52)41-20-10-18-38-37-15-7-9-23-45(37)59-50(38)41/h3-31H,1-2H3. The Morgan fingerprint density at radius 2 is 0.966 bits per heavy atom. The van der Waals surface area contributed by atoms with Crippen LogP contribution in [0.25, 0.3) is 111 Å². The maximum absolute atomic E-state index is 6.51. The predicted molar refractivity (Wildman–Crippen MR) is 239 cm³/mol. The first kappa shape index (κ1) is 33.5. The van der Waals surface area contributed by atoms with Gasteiger partial charge in [-0.25, -0.2) is 15.0 Å². The highest BCUT2D eigenvalue weighted by Crippen LogP contribution is 2.52. The largest absolute Gasteiger partial charge is 0.456 e. The number of hydrogen-bond donors (Lipinski definition) is 0. The van der Waals surface area contributed by atoms with Gasteiger partial charge in [0.2, 0.25) is 0 Å². The van der Waals surface area contributed by atoms with Gasteiger partial charge in [-0.3, -0.25) is 0 Å². The van der Waals surface area contributed by atoms with Gasteiger partial charge in [-0.2, -0.15) is 0 Å². The smallest absolute Gasteiger partial charge is 0.167 e. The summed E-state index contributed by atoms with van der Waals surface area (Å²) >= 11 is 0. The number of benzene rings is 8. The molecule has 0 amide bonds. The second kappa shape index (κ2) is 12.7. The summed E-state index contributed by atoms with van der Waals surface area (Å²) in [6.07, 6.45) is 0. The van der Waals surface area contributed by atoms with Crippen LogP contribution in [-0.2, 0) is 5.41 Å². The van der Waals surface area contributed by atoms with Crippen molar-refractivity contribution in [2.45, 2.75) is 19.3 Å².